The van der Waals surface area contributed by atoms with Crippen LogP contribution in [0.2, 0.25) is 0 Å². The molecule has 5 nitrogen and oxygen atoms in total. The molecular formula is C22H22F2N2O3. The molecule has 152 valence electrons. The Balaban J connectivity index is 1.66. The number of nitrogens with one attached hydrogen (secondary N) is 1. The second kappa shape index (κ2) is 8.03. The van der Waals surface area contributed by atoms with Crippen LogP contribution in [-0.4, -0.2) is 16.0 Å². The number of hydrogen-bond donors (Lipinski definition) is 2. The smallest absolute Gasteiger partial charge is 0.224 e. The van der Waals surface area contributed by atoms with E-state index in [0.29, 0.717) is 5.69 Å². The van der Waals surface area contributed by atoms with Crippen molar-refractivity contribution in [3.8, 4) is 17.1 Å². The van der Waals surface area contributed by atoms with Crippen molar-refractivity contribution in [2.24, 2.45) is 0 Å². The topological polar surface area (TPSA) is 75.4 Å². The zero-order valence-corrected chi connectivity index (χ0v) is 16.4. The number of carbonyl (C=O) groups is 1. The van der Waals surface area contributed by atoms with Crippen LogP contribution in [-0.2, 0) is 16.6 Å². The number of phenols is 1. The molecule has 29 heavy (non-hydrogen) atoms. The molecule has 0 fully saturated rings. The Morgan fingerprint density at radius 1 is 1.17 bits per heavy atom. The van der Waals surface area contributed by atoms with Gasteiger partial charge in [0.1, 0.15) is 17.4 Å². The Hall–Kier alpha value is -3.22. The molecule has 0 aliphatic rings. The number of aromatic hydroxyl groups is 1. The molecule has 0 unspecified atom stereocenters. The molecule has 0 saturated heterocycles. The van der Waals surface area contributed by atoms with Gasteiger partial charge in [-0.05, 0) is 35.2 Å². The van der Waals surface area contributed by atoms with Gasteiger partial charge in [-0.3, -0.25) is 4.79 Å². The van der Waals surface area contributed by atoms with Gasteiger partial charge in [-0.1, -0.05) is 32.9 Å². The predicted molar refractivity (Wildman–Crippen MR) is 106 cm³/mol. The minimum absolute atomic E-state index is 0.0267. The first kappa shape index (κ1) is 20.5. The summed E-state index contributed by atoms with van der Waals surface area (Å²) in [6, 6.07) is 8.61. The van der Waals surface area contributed by atoms with E-state index in [9.17, 15) is 18.7 Å². The average Bonchev–Trinajstić information content (AvgIpc) is 3.09. The van der Waals surface area contributed by atoms with Gasteiger partial charge in [0.15, 0.2) is 11.7 Å². The molecule has 1 aromatic heterocycles. The number of benzene rings is 2. The number of aromatic nitrogens is 1. The number of aryl methyl sites for hydroxylation is 1. The van der Waals surface area contributed by atoms with Crippen molar-refractivity contribution in [1.82, 2.24) is 4.98 Å². The molecule has 0 aliphatic carbocycles. The zero-order chi connectivity index (χ0) is 21.2. The first-order valence-corrected chi connectivity index (χ1v) is 9.17. The van der Waals surface area contributed by atoms with Crippen LogP contribution in [0.1, 0.15) is 38.6 Å². The number of halogens is 2. The number of anilines is 1. The van der Waals surface area contributed by atoms with Gasteiger partial charge in [0.2, 0.25) is 5.91 Å². The normalized spacial score (nSPS) is 11.5. The predicted octanol–water partition coefficient (Wildman–Crippen LogP) is 5.19. The van der Waals surface area contributed by atoms with E-state index in [-0.39, 0.29) is 47.1 Å². The van der Waals surface area contributed by atoms with Gasteiger partial charge in [-0.2, -0.15) is 0 Å². The number of rotatable bonds is 5. The summed E-state index contributed by atoms with van der Waals surface area (Å²) in [6.07, 6.45) is 1.40. The minimum atomic E-state index is -0.750. The Kier molecular flexibility index (Phi) is 5.68. The Morgan fingerprint density at radius 2 is 1.86 bits per heavy atom. The lowest BCUT2D eigenvalue weighted by Gasteiger charge is -2.20. The van der Waals surface area contributed by atoms with Gasteiger partial charge in [-0.25, -0.2) is 13.8 Å². The fraction of sp³-hybridized carbons (Fsp3) is 0.273. The highest BCUT2D eigenvalue weighted by molar-refractivity contribution is 5.92. The molecule has 0 spiro atoms. The highest BCUT2D eigenvalue weighted by Gasteiger charge is 2.18. The van der Waals surface area contributed by atoms with E-state index in [4.69, 9.17) is 4.42 Å². The van der Waals surface area contributed by atoms with Crippen LogP contribution in [0.15, 0.2) is 47.0 Å². The highest BCUT2D eigenvalue weighted by Crippen LogP contribution is 2.31. The monoisotopic (exact) mass is 400 g/mol. The van der Waals surface area contributed by atoms with Gasteiger partial charge >= 0.3 is 0 Å². The lowest BCUT2D eigenvalue weighted by Crippen LogP contribution is -2.15. The number of carbonyl (C=O) groups excluding carboxylic acids is 1. The van der Waals surface area contributed by atoms with Gasteiger partial charge in [0.05, 0.1) is 17.4 Å². The highest BCUT2D eigenvalue weighted by atomic mass is 19.1. The molecule has 0 aliphatic heterocycles. The summed E-state index contributed by atoms with van der Waals surface area (Å²) in [5, 5.41) is 12.7. The van der Waals surface area contributed by atoms with Crippen LogP contribution >= 0.6 is 0 Å². The van der Waals surface area contributed by atoms with Crippen molar-refractivity contribution in [3.63, 3.8) is 0 Å². The van der Waals surface area contributed by atoms with Crippen molar-refractivity contribution in [1.29, 1.82) is 0 Å². The average molecular weight is 400 g/mol. The van der Waals surface area contributed by atoms with E-state index in [2.05, 4.69) is 10.3 Å². The third kappa shape index (κ3) is 4.80. The summed E-state index contributed by atoms with van der Waals surface area (Å²) in [5.74, 6) is -1.72. The van der Waals surface area contributed by atoms with Crippen molar-refractivity contribution in [2.75, 3.05) is 5.32 Å². The molecular weight excluding hydrogens is 378 g/mol. The van der Waals surface area contributed by atoms with Crippen molar-refractivity contribution >= 4 is 11.6 Å². The molecule has 0 radical (unpaired) electrons. The summed E-state index contributed by atoms with van der Waals surface area (Å²) < 4.78 is 33.1. The van der Waals surface area contributed by atoms with Crippen LogP contribution < -0.4 is 5.32 Å². The maximum absolute atomic E-state index is 13.8. The molecule has 3 aromatic rings. The maximum Gasteiger partial charge on any atom is 0.224 e. The molecule has 7 heteroatoms. The number of phenolic OH excluding ortho intramolecular Hbond substituents is 1. The maximum atomic E-state index is 13.8. The first-order valence-electron chi connectivity index (χ1n) is 9.17. The molecule has 2 aromatic carbocycles. The van der Waals surface area contributed by atoms with E-state index in [1.54, 1.807) is 18.2 Å². The zero-order valence-electron chi connectivity index (χ0n) is 16.4. The van der Waals surface area contributed by atoms with Gasteiger partial charge < -0.3 is 14.8 Å². The number of hydrogen-bond acceptors (Lipinski definition) is 4. The second-order valence-electron chi connectivity index (χ2n) is 7.75. The summed E-state index contributed by atoms with van der Waals surface area (Å²) in [6.45, 7) is 6.09. The third-order valence-corrected chi connectivity index (χ3v) is 4.47. The van der Waals surface area contributed by atoms with E-state index in [1.807, 2.05) is 20.8 Å². The standard InChI is InChI=1S/C22H22F2N2O3/c1-22(2,3)13-7-8-17(27)16(11-13)26-19(28)9-10-20-25-12-18(29-20)21-14(23)5-4-6-15(21)24/h4-8,11-12,27H,9-10H2,1-3H3,(H,26,28). The fourth-order valence-corrected chi connectivity index (χ4v) is 2.81. The summed E-state index contributed by atoms with van der Waals surface area (Å²) in [4.78, 5) is 16.3. The molecule has 0 saturated carbocycles. The van der Waals surface area contributed by atoms with Crippen molar-refractivity contribution < 1.29 is 23.1 Å². The lowest BCUT2D eigenvalue weighted by molar-refractivity contribution is -0.116. The van der Waals surface area contributed by atoms with Crippen LogP contribution in [0, 0.1) is 11.6 Å². The first-order chi connectivity index (χ1) is 13.6. The number of amides is 1. The molecule has 2 N–H and O–H groups in total. The molecule has 0 bridgehead atoms. The molecule has 1 heterocycles. The SMILES string of the molecule is CC(C)(C)c1ccc(O)c(NC(=O)CCc2ncc(-c3c(F)cccc3F)o2)c1. The van der Waals surface area contributed by atoms with Crippen molar-refractivity contribution in [2.45, 2.75) is 39.0 Å². The van der Waals surface area contributed by atoms with E-state index in [1.165, 1.54) is 12.3 Å². The molecule has 0 atom stereocenters. The molecule has 3 rings (SSSR count). The molecule has 1 amide bonds. The summed E-state index contributed by atoms with van der Waals surface area (Å²) >= 11 is 0. The van der Waals surface area contributed by atoms with Crippen LogP contribution in [0.5, 0.6) is 5.75 Å². The van der Waals surface area contributed by atoms with E-state index >= 15 is 0 Å². The summed E-state index contributed by atoms with van der Waals surface area (Å²) in [5.41, 5.74) is 0.863. The number of nitrogens with zero attached hydrogens (tertiary/aromatic N) is 1. The second-order valence-corrected chi connectivity index (χ2v) is 7.75. The van der Waals surface area contributed by atoms with E-state index in [0.717, 1.165) is 17.7 Å². The van der Waals surface area contributed by atoms with Crippen LogP contribution in [0.3, 0.4) is 0 Å². The minimum Gasteiger partial charge on any atom is -0.506 e. The van der Waals surface area contributed by atoms with Crippen LogP contribution in [0.4, 0.5) is 14.5 Å². The van der Waals surface area contributed by atoms with Crippen molar-refractivity contribution in [3.05, 3.63) is 65.7 Å². The quantitative estimate of drug-likeness (QED) is 0.578. The Labute approximate surface area is 167 Å². The van der Waals surface area contributed by atoms with Gasteiger partial charge in [-0.15, -0.1) is 0 Å². The largest absolute Gasteiger partial charge is 0.506 e. The van der Waals surface area contributed by atoms with Gasteiger partial charge in [0.25, 0.3) is 0 Å². The third-order valence-electron chi connectivity index (χ3n) is 4.47. The van der Waals surface area contributed by atoms with Crippen LogP contribution in [0.25, 0.3) is 11.3 Å². The number of oxazole rings is 1. The Morgan fingerprint density at radius 3 is 2.52 bits per heavy atom. The van der Waals surface area contributed by atoms with E-state index < -0.39 is 11.6 Å². The Bertz CT molecular complexity index is 1020. The summed E-state index contributed by atoms with van der Waals surface area (Å²) in [7, 11) is 0. The fourth-order valence-electron chi connectivity index (χ4n) is 2.81. The van der Waals surface area contributed by atoms with Gasteiger partial charge in [0, 0.05) is 12.8 Å². The lowest BCUT2D eigenvalue weighted by atomic mass is 9.87.